The van der Waals surface area contributed by atoms with Gasteiger partial charge in [0.15, 0.2) is 6.29 Å². The average molecular weight is 267 g/mol. The van der Waals surface area contributed by atoms with E-state index in [0.29, 0.717) is 11.4 Å². The summed E-state index contributed by atoms with van der Waals surface area (Å²) >= 11 is 1.86. The lowest BCUT2D eigenvalue weighted by Crippen LogP contribution is -2.18. The molecule has 0 aliphatic carbocycles. The minimum absolute atomic E-state index is 0.115. The Kier molecular flexibility index (Phi) is 5.59. The van der Waals surface area contributed by atoms with Gasteiger partial charge in [0.25, 0.3) is 0 Å². The maximum atomic E-state index is 11.0. The number of hydrogen-bond acceptors (Lipinski definition) is 5. The second-order valence-electron chi connectivity index (χ2n) is 4.99. The first-order valence-corrected chi connectivity index (χ1v) is 7.28. The molecule has 5 heteroatoms. The van der Waals surface area contributed by atoms with E-state index in [1.54, 1.807) is 6.20 Å². The van der Waals surface area contributed by atoms with Crippen LogP contribution in [0.1, 0.15) is 43.9 Å². The summed E-state index contributed by atoms with van der Waals surface area (Å²) in [7, 11) is 0. The standard InChI is InChI=1S/C13H21N3OS/c1-5-18-7-6-14-11-10(9-17)8-15-12(16-11)13(2,3)4/h8-9H,5-7H2,1-4H3,(H,14,15,16). The van der Waals surface area contributed by atoms with Crippen LogP contribution in [0.25, 0.3) is 0 Å². The lowest BCUT2D eigenvalue weighted by Gasteiger charge is -2.18. The summed E-state index contributed by atoms with van der Waals surface area (Å²) in [6, 6.07) is 0. The molecule has 0 aromatic carbocycles. The van der Waals surface area contributed by atoms with Crippen molar-refractivity contribution in [2.75, 3.05) is 23.4 Å². The van der Waals surface area contributed by atoms with Gasteiger partial charge in [-0.25, -0.2) is 9.97 Å². The van der Waals surface area contributed by atoms with E-state index < -0.39 is 0 Å². The lowest BCUT2D eigenvalue weighted by atomic mass is 9.95. The molecular formula is C13H21N3OS. The smallest absolute Gasteiger partial charge is 0.155 e. The second-order valence-corrected chi connectivity index (χ2v) is 6.38. The predicted molar refractivity (Wildman–Crippen MR) is 77.6 cm³/mol. The molecule has 0 spiro atoms. The number of anilines is 1. The lowest BCUT2D eigenvalue weighted by molar-refractivity contribution is 0.112. The van der Waals surface area contributed by atoms with Crippen LogP contribution in [0.4, 0.5) is 5.82 Å². The molecule has 1 N–H and O–H groups in total. The van der Waals surface area contributed by atoms with E-state index in [-0.39, 0.29) is 5.41 Å². The Morgan fingerprint density at radius 3 is 2.72 bits per heavy atom. The Bertz CT molecular complexity index is 402. The van der Waals surface area contributed by atoms with Crippen molar-refractivity contribution in [3.8, 4) is 0 Å². The Labute approximate surface area is 113 Å². The van der Waals surface area contributed by atoms with Gasteiger partial charge in [-0.15, -0.1) is 0 Å². The molecule has 4 nitrogen and oxygen atoms in total. The molecule has 1 aromatic heterocycles. The van der Waals surface area contributed by atoms with Crippen molar-refractivity contribution in [3.63, 3.8) is 0 Å². The fourth-order valence-electron chi connectivity index (χ4n) is 1.37. The fourth-order valence-corrected chi connectivity index (χ4v) is 1.90. The number of nitrogens with one attached hydrogen (secondary N) is 1. The first-order valence-electron chi connectivity index (χ1n) is 6.13. The molecule has 0 atom stereocenters. The number of carbonyl (C=O) groups excluding carboxylic acids is 1. The van der Waals surface area contributed by atoms with Gasteiger partial charge in [0.2, 0.25) is 0 Å². The molecule has 100 valence electrons. The Morgan fingerprint density at radius 2 is 2.17 bits per heavy atom. The van der Waals surface area contributed by atoms with Gasteiger partial charge in [0.05, 0.1) is 5.56 Å². The summed E-state index contributed by atoms with van der Waals surface area (Å²) in [5.41, 5.74) is 0.403. The largest absolute Gasteiger partial charge is 0.369 e. The van der Waals surface area contributed by atoms with E-state index in [9.17, 15) is 4.79 Å². The van der Waals surface area contributed by atoms with Crippen molar-refractivity contribution in [1.29, 1.82) is 0 Å². The molecule has 0 aliphatic heterocycles. The van der Waals surface area contributed by atoms with Crippen LogP contribution in [0.2, 0.25) is 0 Å². The van der Waals surface area contributed by atoms with E-state index in [4.69, 9.17) is 0 Å². The van der Waals surface area contributed by atoms with E-state index in [1.165, 1.54) is 0 Å². The molecule has 0 aliphatic rings. The Morgan fingerprint density at radius 1 is 1.44 bits per heavy atom. The quantitative estimate of drug-likeness (QED) is 0.634. The van der Waals surface area contributed by atoms with E-state index >= 15 is 0 Å². The van der Waals surface area contributed by atoms with Crippen LogP contribution in [0, 0.1) is 0 Å². The van der Waals surface area contributed by atoms with Gasteiger partial charge in [0, 0.05) is 23.9 Å². The van der Waals surface area contributed by atoms with Crippen LogP contribution in [0.3, 0.4) is 0 Å². The summed E-state index contributed by atoms with van der Waals surface area (Å²) in [4.78, 5) is 19.6. The first-order chi connectivity index (χ1) is 8.49. The number of aromatic nitrogens is 2. The molecule has 0 unspecified atom stereocenters. The summed E-state index contributed by atoms with van der Waals surface area (Å²) in [6.07, 6.45) is 2.39. The molecule has 0 radical (unpaired) electrons. The molecule has 1 rings (SSSR count). The van der Waals surface area contributed by atoms with E-state index in [1.807, 2.05) is 11.8 Å². The Balaban J connectivity index is 2.82. The highest BCUT2D eigenvalue weighted by atomic mass is 32.2. The number of aldehydes is 1. The highest BCUT2D eigenvalue weighted by molar-refractivity contribution is 7.99. The summed E-state index contributed by atoms with van der Waals surface area (Å²) in [5.74, 6) is 3.49. The number of carbonyl (C=O) groups is 1. The van der Waals surface area contributed by atoms with Gasteiger partial charge in [-0.05, 0) is 5.75 Å². The minimum Gasteiger partial charge on any atom is -0.369 e. The van der Waals surface area contributed by atoms with Crippen molar-refractivity contribution in [3.05, 3.63) is 17.6 Å². The van der Waals surface area contributed by atoms with Gasteiger partial charge >= 0.3 is 0 Å². The average Bonchev–Trinajstić information content (AvgIpc) is 2.33. The zero-order valence-electron chi connectivity index (χ0n) is 11.5. The third-order valence-electron chi connectivity index (χ3n) is 2.36. The maximum Gasteiger partial charge on any atom is 0.155 e. The summed E-state index contributed by atoms with van der Waals surface area (Å²) < 4.78 is 0. The second kappa shape index (κ2) is 6.73. The Hall–Kier alpha value is -1.10. The molecule has 0 saturated carbocycles. The van der Waals surface area contributed by atoms with Crippen LogP contribution >= 0.6 is 11.8 Å². The molecule has 1 heterocycles. The summed E-state index contributed by atoms with van der Waals surface area (Å²) in [5, 5.41) is 3.21. The molecule has 1 aromatic rings. The fraction of sp³-hybridized carbons (Fsp3) is 0.615. The van der Waals surface area contributed by atoms with Gasteiger partial charge < -0.3 is 5.32 Å². The van der Waals surface area contributed by atoms with Crippen molar-refractivity contribution >= 4 is 23.9 Å². The molecule has 0 saturated heterocycles. The zero-order chi connectivity index (χ0) is 13.6. The monoisotopic (exact) mass is 267 g/mol. The van der Waals surface area contributed by atoms with Crippen LogP contribution < -0.4 is 5.32 Å². The maximum absolute atomic E-state index is 11.0. The van der Waals surface area contributed by atoms with Crippen LogP contribution in [0.5, 0.6) is 0 Å². The molecule has 0 bridgehead atoms. The van der Waals surface area contributed by atoms with Crippen LogP contribution in [0.15, 0.2) is 6.20 Å². The number of nitrogens with zero attached hydrogens (tertiary/aromatic N) is 2. The number of hydrogen-bond donors (Lipinski definition) is 1. The molecule has 0 amide bonds. The van der Waals surface area contributed by atoms with Crippen LogP contribution in [-0.2, 0) is 5.41 Å². The summed E-state index contributed by atoms with van der Waals surface area (Å²) in [6.45, 7) is 9.10. The van der Waals surface area contributed by atoms with Gasteiger partial charge in [0.1, 0.15) is 11.6 Å². The molecule has 18 heavy (non-hydrogen) atoms. The van der Waals surface area contributed by atoms with Crippen LogP contribution in [-0.4, -0.2) is 34.3 Å². The van der Waals surface area contributed by atoms with Crippen molar-refractivity contribution in [1.82, 2.24) is 9.97 Å². The van der Waals surface area contributed by atoms with Crippen molar-refractivity contribution in [2.24, 2.45) is 0 Å². The van der Waals surface area contributed by atoms with Crippen molar-refractivity contribution in [2.45, 2.75) is 33.1 Å². The molecular weight excluding hydrogens is 246 g/mol. The number of rotatable bonds is 6. The van der Waals surface area contributed by atoms with Gasteiger partial charge in [-0.2, -0.15) is 11.8 Å². The SMILES string of the molecule is CCSCCNc1nc(C(C)(C)C)ncc1C=O. The third-order valence-corrected chi connectivity index (χ3v) is 3.26. The number of thioether (sulfide) groups is 1. The van der Waals surface area contributed by atoms with Gasteiger partial charge in [-0.1, -0.05) is 27.7 Å². The van der Waals surface area contributed by atoms with E-state index in [2.05, 4.69) is 43.0 Å². The minimum atomic E-state index is -0.115. The van der Waals surface area contributed by atoms with Crippen molar-refractivity contribution < 1.29 is 4.79 Å². The highest BCUT2D eigenvalue weighted by Gasteiger charge is 2.18. The topological polar surface area (TPSA) is 54.9 Å². The van der Waals surface area contributed by atoms with E-state index in [0.717, 1.165) is 30.2 Å². The zero-order valence-corrected chi connectivity index (χ0v) is 12.3. The predicted octanol–water partition coefficient (Wildman–Crippen LogP) is 2.75. The third kappa shape index (κ3) is 4.29. The normalized spacial score (nSPS) is 11.3. The first kappa shape index (κ1) is 15.0. The van der Waals surface area contributed by atoms with Gasteiger partial charge in [-0.3, -0.25) is 4.79 Å². The molecule has 0 fully saturated rings. The highest BCUT2D eigenvalue weighted by Crippen LogP contribution is 2.20.